The Balaban J connectivity index is 1.64. The summed E-state index contributed by atoms with van der Waals surface area (Å²) in [5.41, 5.74) is 0.608. The van der Waals surface area contributed by atoms with E-state index >= 15 is 0 Å². The van der Waals surface area contributed by atoms with Crippen LogP contribution in [0, 0.1) is 5.92 Å². The molecule has 1 N–H and O–H groups in total. The summed E-state index contributed by atoms with van der Waals surface area (Å²) in [6, 6.07) is 12.8. The highest BCUT2D eigenvalue weighted by Crippen LogP contribution is 2.27. The van der Waals surface area contributed by atoms with Crippen LogP contribution in [0.2, 0.25) is 0 Å². The second-order valence-electron chi connectivity index (χ2n) is 5.99. The van der Waals surface area contributed by atoms with E-state index in [0.717, 1.165) is 0 Å². The number of rotatable bonds is 5. The molecule has 120 valence electrons. The average Bonchev–Trinajstić information content (AvgIpc) is 2.62. The van der Waals surface area contributed by atoms with E-state index in [2.05, 4.69) is 10.3 Å². The normalized spacial score (nSPS) is 15.1. The van der Waals surface area contributed by atoms with Gasteiger partial charge in [-0.1, -0.05) is 37.5 Å². The number of nitrogens with zero attached hydrogens (tertiary/aromatic N) is 1. The van der Waals surface area contributed by atoms with Gasteiger partial charge < -0.3 is 10.1 Å². The summed E-state index contributed by atoms with van der Waals surface area (Å²) in [7, 11) is 0. The van der Waals surface area contributed by atoms with Crippen molar-refractivity contribution in [2.45, 2.75) is 32.1 Å². The Morgan fingerprint density at radius 2 is 1.87 bits per heavy atom. The molecular weight excluding hydrogens is 288 g/mol. The van der Waals surface area contributed by atoms with Crippen LogP contribution in [0.3, 0.4) is 0 Å². The van der Waals surface area contributed by atoms with Crippen molar-refractivity contribution in [3.05, 3.63) is 54.2 Å². The van der Waals surface area contributed by atoms with Crippen LogP contribution in [0.4, 0.5) is 5.82 Å². The number of hydrogen-bond donors (Lipinski definition) is 1. The Labute approximate surface area is 136 Å². The summed E-state index contributed by atoms with van der Waals surface area (Å²) in [5.74, 6) is 1.56. The van der Waals surface area contributed by atoms with Gasteiger partial charge in [0.05, 0.1) is 6.61 Å². The quantitative estimate of drug-likeness (QED) is 0.896. The van der Waals surface area contributed by atoms with E-state index in [4.69, 9.17) is 4.74 Å². The zero-order valence-electron chi connectivity index (χ0n) is 13.2. The van der Waals surface area contributed by atoms with Gasteiger partial charge in [0.1, 0.15) is 0 Å². The number of benzene rings is 1. The number of aromatic nitrogens is 1. The van der Waals surface area contributed by atoms with Crippen LogP contribution >= 0.6 is 0 Å². The SMILES string of the molecule is O=C(Nc1ncccc1OCC1CCCCC1)c1ccccc1. The number of anilines is 1. The van der Waals surface area contributed by atoms with Crippen LogP contribution < -0.4 is 10.1 Å². The monoisotopic (exact) mass is 310 g/mol. The van der Waals surface area contributed by atoms with Gasteiger partial charge in [0, 0.05) is 11.8 Å². The van der Waals surface area contributed by atoms with Gasteiger partial charge in [0.25, 0.3) is 5.91 Å². The maximum atomic E-state index is 12.3. The third-order valence-corrected chi connectivity index (χ3v) is 4.24. The van der Waals surface area contributed by atoms with Crippen molar-refractivity contribution in [3.63, 3.8) is 0 Å². The highest BCUT2D eigenvalue weighted by Gasteiger charge is 2.16. The van der Waals surface area contributed by atoms with Crippen LogP contribution in [0.1, 0.15) is 42.5 Å². The standard InChI is InChI=1S/C19H22N2O2/c22-19(16-10-5-2-6-11-16)21-18-17(12-7-13-20-18)23-14-15-8-3-1-4-9-15/h2,5-7,10-13,15H,1,3-4,8-9,14H2,(H,20,21,22). The first kappa shape index (κ1) is 15.5. The highest BCUT2D eigenvalue weighted by molar-refractivity contribution is 6.04. The summed E-state index contributed by atoms with van der Waals surface area (Å²) in [5, 5.41) is 2.84. The molecule has 0 spiro atoms. The van der Waals surface area contributed by atoms with Crippen LogP contribution in [0.25, 0.3) is 0 Å². The minimum atomic E-state index is -0.174. The van der Waals surface area contributed by atoms with E-state index in [1.807, 2.05) is 30.3 Å². The Hall–Kier alpha value is -2.36. The molecule has 0 radical (unpaired) electrons. The lowest BCUT2D eigenvalue weighted by molar-refractivity contribution is 0.102. The Morgan fingerprint density at radius 3 is 2.65 bits per heavy atom. The van der Waals surface area contributed by atoms with Crippen LogP contribution in [-0.4, -0.2) is 17.5 Å². The topological polar surface area (TPSA) is 51.2 Å². The number of carbonyl (C=O) groups is 1. The predicted octanol–water partition coefficient (Wildman–Crippen LogP) is 4.29. The van der Waals surface area contributed by atoms with Gasteiger partial charge in [-0.25, -0.2) is 4.98 Å². The molecule has 3 rings (SSSR count). The zero-order valence-corrected chi connectivity index (χ0v) is 13.2. The van der Waals surface area contributed by atoms with E-state index in [1.165, 1.54) is 32.1 Å². The molecule has 2 aromatic rings. The van der Waals surface area contributed by atoms with Gasteiger partial charge in [-0.15, -0.1) is 0 Å². The Morgan fingerprint density at radius 1 is 1.09 bits per heavy atom. The van der Waals surface area contributed by atoms with E-state index in [-0.39, 0.29) is 5.91 Å². The summed E-state index contributed by atoms with van der Waals surface area (Å²) in [4.78, 5) is 16.5. The van der Waals surface area contributed by atoms with E-state index < -0.39 is 0 Å². The fourth-order valence-corrected chi connectivity index (χ4v) is 2.93. The lowest BCUT2D eigenvalue weighted by Gasteiger charge is -2.22. The van der Waals surface area contributed by atoms with Crippen molar-refractivity contribution in [1.82, 2.24) is 4.98 Å². The fraction of sp³-hybridized carbons (Fsp3) is 0.368. The smallest absolute Gasteiger partial charge is 0.256 e. The minimum Gasteiger partial charge on any atom is -0.489 e. The van der Waals surface area contributed by atoms with Gasteiger partial charge in [-0.05, 0) is 43.0 Å². The maximum Gasteiger partial charge on any atom is 0.256 e. The predicted molar refractivity (Wildman–Crippen MR) is 90.7 cm³/mol. The summed E-state index contributed by atoms with van der Waals surface area (Å²) in [6.45, 7) is 0.694. The van der Waals surface area contributed by atoms with E-state index in [1.54, 1.807) is 18.3 Å². The number of pyridine rings is 1. The molecule has 1 saturated carbocycles. The number of hydrogen-bond acceptors (Lipinski definition) is 3. The molecule has 23 heavy (non-hydrogen) atoms. The first-order valence-corrected chi connectivity index (χ1v) is 8.27. The van der Waals surface area contributed by atoms with Crippen LogP contribution in [-0.2, 0) is 0 Å². The summed E-state index contributed by atoms with van der Waals surface area (Å²) >= 11 is 0. The molecule has 1 fully saturated rings. The Kier molecular flexibility index (Phi) is 5.25. The molecule has 1 heterocycles. The summed E-state index contributed by atoms with van der Waals surface area (Å²) in [6.07, 6.45) is 8.03. The first-order valence-electron chi connectivity index (χ1n) is 8.27. The minimum absolute atomic E-state index is 0.174. The zero-order chi connectivity index (χ0) is 15.9. The molecule has 1 aromatic carbocycles. The third kappa shape index (κ3) is 4.31. The molecule has 1 amide bonds. The van der Waals surface area contributed by atoms with Crippen molar-refractivity contribution in [3.8, 4) is 5.75 Å². The molecule has 1 aromatic heterocycles. The lowest BCUT2D eigenvalue weighted by atomic mass is 9.90. The number of amides is 1. The second kappa shape index (κ2) is 7.77. The van der Waals surface area contributed by atoms with Gasteiger partial charge in [-0.2, -0.15) is 0 Å². The van der Waals surface area contributed by atoms with E-state index in [0.29, 0.717) is 29.7 Å². The lowest BCUT2D eigenvalue weighted by Crippen LogP contribution is -2.17. The largest absolute Gasteiger partial charge is 0.489 e. The summed E-state index contributed by atoms with van der Waals surface area (Å²) < 4.78 is 5.94. The van der Waals surface area contributed by atoms with Crippen molar-refractivity contribution in [1.29, 1.82) is 0 Å². The van der Waals surface area contributed by atoms with E-state index in [9.17, 15) is 4.79 Å². The highest BCUT2D eigenvalue weighted by atomic mass is 16.5. The average molecular weight is 310 g/mol. The number of ether oxygens (including phenoxy) is 1. The van der Waals surface area contributed by atoms with Gasteiger partial charge >= 0.3 is 0 Å². The second-order valence-corrected chi connectivity index (χ2v) is 5.99. The molecular formula is C19H22N2O2. The van der Waals surface area contributed by atoms with Crippen molar-refractivity contribution in [2.75, 3.05) is 11.9 Å². The number of carbonyl (C=O) groups excluding carboxylic acids is 1. The van der Waals surface area contributed by atoms with Crippen molar-refractivity contribution >= 4 is 11.7 Å². The maximum absolute atomic E-state index is 12.3. The van der Waals surface area contributed by atoms with Crippen LogP contribution in [0.15, 0.2) is 48.7 Å². The molecule has 4 heteroatoms. The molecule has 0 atom stereocenters. The molecule has 0 bridgehead atoms. The third-order valence-electron chi connectivity index (χ3n) is 4.24. The molecule has 4 nitrogen and oxygen atoms in total. The van der Waals surface area contributed by atoms with Gasteiger partial charge in [0.2, 0.25) is 0 Å². The molecule has 1 aliphatic carbocycles. The number of nitrogens with one attached hydrogen (secondary N) is 1. The van der Waals surface area contributed by atoms with Gasteiger partial charge in [0.15, 0.2) is 11.6 Å². The first-order chi connectivity index (χ1) is 11.3. The molecule has 0 unspecified atom stereocenters. The van der Waals surface area contributed by atoms with Gasteiger partial charge in [-0.3, -0.25) is 4.79 Å². The van der Waals surface area contributed by atoms with Crippen LogP contribution in [0.5, 0.6) is 5.75 Å². The fourth-order valence-electron chi connectivity index (χ4n) is 2.93. The van der Waals surface area contributed by atoms with Crippen molar-refractivity contribution < 1.29 is 9.53 Å². The van der Waals surface area contributed by atoms with Crippen molar-refractivity contribution in [2.24, 2.45) is 5.92 Å². The molecule has 1 aliphatic rings. The molecule has 0 aliphatic heterocycles. The molecule has 0 saturated heterocycles. The Bertz CT molecular complexity index is 637.